The van der Waals surface area contributed by atoms with E-state index in [2.05, 4.69) is 25.8 Å². The summed E-state index contributed by atoms with van der Waals surface area (Å²) in [4.78, 5) is 14.9. The van der Waals surface area contributed by atoms with Crippen LogP contribution in [0.3, 0.4) is 0 Å². The van der Waals surface area contributed by atoms with Gasteiger partial charge in [0.15, 0.2) is 0 Å². The van der Waals surface area contributed by atoms with Crippen molar-refractivity contribution in [1.29, 1.82) is 0 Å². The molecule has 0 atom stereocenters. The zero-order chi connectivity index (χ0) is 15.5. The number of hydrogen-bond acceptors (Lipinski definition) is 3. The van der Waals surface area contributed by atoms with Gasteiger partial charge in [-0.1, -0.05) is 39.0 Å². The molecule has 0 radical (unpaired) electrons. The molecule has 4 nitrogen and oxygen atoms in total. The van der Waals surface area contributed by atoms with Crippen LogP contribution in [0.1, 0.15) is 42.5 Å². The van der Waals surface area contributed by atoms with Gasteiger partial charge in [0.25, 0.3) is 0 Å². The monoisotopic (exact) mass is 285 g/mol. The number of pyridine rings is 1. The fraction of sp³-hybridized carbons (Fsp3) is 0.294. The lowest BCUT2D eigenvalue weighted by Gasteiger charge is -2.19. The zero-order valence-electron chi connectivity index (χ0n) is 12.5. The lowest BCUT2D eigenvalue weighted by Crippen LogP contribution is -2.10. The van der Waals surface area contributed by atoms with E-state index in [1.165, 1.54) is 11.6 Å². The zero-order valence-corrected chi connectivity index (χ0v) is 12.5. The van der Waals surface area contributed by atoms with Crippen molar-refractivity contribution in [2.75, 3.05) is 0 Å². The first kappa shape index (κ1) is 15.0. The Kier molecular flexibility index (Phi) is 4.26. The van der Waals surface area contributed by atoms with E-state index in [1.807, 2.05) is 24.3 Å². The number of nitrogens with zero attached hydrogens (tertiary/aromatic N) is 1. The Balaban J connectivity index is 2.03. The number of ether oxygens (including phenoxy) is 1. The molecule has 1 heterocycles. The fourth-order valence-corrected chi connectivity index (χ4v) is 1.89. The van der Waals surface area contributed by atoms with Crippen LogP contribution >= 0.6 is 0 Å². The lowest BCUT2D eigenvalue weighted by molar-refractivity contribution is 0.0690. The molecule has 0 saturated carbocycles. The molecule has 110 valence electrons. The number of carboxylic acid groups (broad SMARTS) is 1. The molecule has 0 fully saturated rings. The van der Waals surface area contributed by atoms with E-state index in [4.69, 9.17) is 9.84 Å². The van der Waals surface area contributed by atoms with Gasteiger partial charge < -0.3 is 9.84 Å². The number of rotatable bonds is 4. The van der Waals surface area contributed by atoms with Crippen molar-refractivity contribution in [3.05, 3.63) is 59.4 Å². The summed E-state index contributed by atoms with van der Waals surface area (Å²) in [7, 11) is 0. The smallest absolute Gasteiger partial charge is 0.354 e. The van der Waals surface area contributed by atoms with Crippen molar-refractivity contribution in [3.8, 4) is 5.75 Å². The van der Waals surface area contributed by atoms with Gasteiger partial charge in [0, 0.05) is 0 Å². The van der Waals surface area contributed by atoms with E-state index in [0.717, 1.165) is 5.75 Å². The molecule has 2 rings (SSSR count). The average Bonchev–Trinajstić information content (AvgIpc) is 2.45. The maximum absolute atomic E-state index is 10.9. The van der Waals surface area contributed by atoms with Crippen LogP contribution in [0.5, 0.6) is 5.75 Å². The Hall–Kier alpha value is -2.36. The quantitative estimate of drug-likeness (QED) is 0.931. The summed E-state index contributed by atoms with van der Waals surface area (Å²) in [5, 5.41) is 8.90. The van der Waals surface area contributed by atoms with Crippen molar-refractivity contribution in [2.45, 2.75) is 32.8 Å². The van der Waals surface area contributed by atoms with Gasteiger partial charge in [-0.15, -0.1) is 0 Å². The van der Waals surface area contributed by atoms with Gasteiger partial charge in [0.05, 0.1) is 5.69 Å². The first-order chi connectivity index (χ1) is 9.86. The third-order valence-corrected chi connectivity index (χ3v) is 3.13. The number of benzene rings is 1. The van der Waals surface area contributed by atoms with Crippen LogP contribution in [-0.2, 0) is 12.0 Å². The Morgan fingerprint density at radius 1 is 1.14 bits per heavy atom. The SMILES string of the molecule is CC(C)(C)c1ccc(OCc2cccc(C(=O)O)n2)cc1. The summed E-state index contributed by atoms with van der Waals surface area (Å²) in [5.74, 6) is -0.295. The number of aromatic carboxylic acids is 1. The fourth-order valence-electron chi connectivity index (χ4n) is 1.89. The predicted molar refractivity (Wildman–Crippen MR) is 80.7 cm³/mol. The van der Waals surface area contributed by atoms with E-state index in [9.17, 15) is 4.79 Å². The van der Waals surface area contributed by atoms with E-state index in [-0.39, 0.29) is 17.7 Å². The van der Waals surface area contributed by atoms with E-state index in [0.29, 0.717) is 5.69 Å². The molecule has 21 heavy (non-hydrogen) atoms. The highest BCUT2D eigenvalue weighted by Crippen LogP contribution is 2.24. The topological polar surface area (TPSA) is 59.4 Å². The molecule has 0 saturated heterocycles. The summed E-state index contributed by atoms with van der Waals surface area (Å²) < 4.78 is 5.64. The Bertz CT molecular complexity index is 627. The summed E-state index contributed by atoms with van der Waals surface area (Å²) in [6, 6.07) is 12.8. The minimum atomic E-state index is -1.04. The number of carboxylic acids is 1. The first-order valence-corrected chi connectivity index (χ1v) is 6.79. The summed E-state index contributed by atoms with van der Waals surface area (Å²) in [5.41, 5.74) is 1.96. The van der Waals surface area contributed by atoms with Crippen molar-refractivity contribution in [2.24, 2.45) is 0 Å². The molecule has 0 amide bonds. The minimum absolute atomic E-state index is 0.0270. The maximum atomic E-state index is 10.9. The van der Waals surface area contributed by atoms with Crippen LogP contribution in [-0.4, -0.2) is 16.1 Å². The normalized spacial score (nSPS) is 11.2. The van der Waals surface area contributed by atoms with Gasteiger partial charge in [0.2, 0.25) is 0 Å². The van der Waals surface area contributed by atoms with Crippen LogP contribution in [0, 0.1) is 0 Å². The molecule has 2 aromatic rings. The minimum Gasteiger partial charge on any atom is -0.487 e. The number of hydrogen-bond donors (Lipinski definition) is 1. The second-order valence-corrected chi connectivity index (χ2v) is 5.88. The molecule has 0 bridgehead atoms. The molecular formula is C17H19NO3. The first-order valence-electron chi connectivity index (χ1n) is 6.79. The highest BCUT2D eigenvalue weighted by molar-refractivity contribution is 5.85. The summed E-state index contributed by atoms with van der Waals surface area (Å²) in [6.45, 7) is 6.72. The summed E-state index contributed by atoms with van der Waals surface area (Å²) >= 11 is 0. The second kappa shape index (κ2) is 5.95. The van der Waals surface area contributed by atoms with Crippen molar-refractivity contribution >= 4 is 5.97 Å². The molecule has 0 unspecified atom stereocenters. The molecule has 0 spiro atoms. The van der Waals surface area contributed by atoms with Crippen molar-refractivity contribution < 1.29 is 14.6 Å². The van der Waals surface area contributed by atoms with E-state index < -0.39 is 5.97 Å². The molecular weight excluding hydrogens is 266 g/mol. The van der Waals surface area contributed by atoms with E-state index >= 15 is 0 Å². The number of carbonyl (C=O) groups is 1. The van der Waals surface area contributed by atoms with Crippen LogP contribution in [0.15, 0.2) is 42.5 Å². The second-order valence-electron chi connectivity index (χ2n) is 5.88. The van der Waals surface area contributed by atoms with Gasteiger partial charge in [-0.25, -0.2) is 9.78 Å². The molecule has 1 N–H and O–H groups in total. The molecule has 0 aliphatic heterocycles. The highest BCUT2D eigenvalue weighted by atomic mass is 16.5. The van der Waals surface area contributed by atoms with Gasteiger partial charge in [-0.3, -0.25) is 0 Å². The lowest BCUT2D eigenvalue weighted by atomic mass is 9.87. The highest BCUT2D eigenvalue weighted by Gasteiger charge is 2.13. The van der Waals surface area contributed by atoms with Crippen LogP contribution < -0.4 is 4.74 Å². The molecule has 4 heteroatoms. The third kappa shape index (κ3) is 4.05. The molecule has 1 aromatic heterocycles. The Labute approximate surface area is 124 Å². The van der Waals surface area contributed by atoms with E-state index in [1.54, 1.807) is 12.1 Å². The van der Waals surface area contributed by atoms with Gasteiger partial charge in [0.1, 0.15) is 18.1 Å². The predicted octanol–water partition coefficient (Wildman–Crippen LogP) is 3.66. The summed E-state index contributed by atoms with van der Waals surface area (Å²) in [6.07, 6.45) is 0. The van der Waals surface area contributed by atoms with Gasteiger partial charge >= 0.3 is 5.97 Å². The van der Waals surface area contributed by atoms with Crippen LogP contribution in [0.4, 0.5) is 0 Å². The Morgan fingerprint density at radius 3 is 2.38 bits per heavy atom. The van der Waals surface area contributed by atoms with Crippen molar-refractivity contribution in [1.82, 2.24) is 4.98 Å². The molecule has 0 aliphatic carbocycles. The van der Waals surface area contributed by atoms with Gasteiger partial charge in [-0.05, 0) is 35.2 Å². The van der Waals surface area contributed by atoms with Crippen LogP contribution in [0.2, 0.25) is 0 Å². The number of aromatic nitrogens is 1. The van der Waals surface area contributed by atoms with Crippen molar-refractivity contribution in [3.63, 3.8) is 0 Å². The van der Waals surface area contributed by atoms with Crippen LogP contribution in [0.25, 0.3) is 0 Å². The third-order valence-electron chi connectivity index (χ3n) is 3.13. The molecule has 0 aliphatic rings. The standard InChI is InChI=1S/C17H19NO3/c1-17(2,3)12-7-9-14(10-8-12)21-11-13-5-4-6-15(18-13)16(19)20/h4-10H,11H2,1-3H3,(H,19,20). The molecule has 1 aromatic carbocycles. The van der Waals surface area contributed by atoms with Gasteiger partial charge in [-0.2, -0.15) is 0 Å². The Morgan fingerprint density at radius 2 is 1.81 bits per heavy atom. The average molecular weight is 285 g/mol. The largest absolute Gasteiger partial charge is 0.487 e. The maximum Gasteiger partial charge on any atom is 0.354 e.